The van der Waals surface area contributed by atoms with Gasteiger partial charge in [-0.1, -0.05) is 23.7 Å². The minimum atomic E-state index is -0.474. The lowest BCUT2D eigenvalue weighted by molar-refractivity contribution is -0.120. The number of benzene rings is 2. The quantitative estimate of drug-likeness (QED) is 0.831. The molecular weight excluding hydrogens is 333 g/mol. The Balaban J connectivity index is 1.89. The highest BCUT2D eigenvalue weighted by atomic mass is 35.5. The van der Waals surface area contributed by atoms with Gasteiger partial charge < -0.3 is 14.8 Å². The first-order valence-electron chi connectivity index (χ1n) is 7.45. The molecule has 1 amide bonds. The number of nitrogens with one attached hydrogen (secondary N) is 1. The van der Waals surface area contributed by atoms with E-state index in [-0.39, 0.29) is 22.9 Å². The molecule has 0 saturated carbocycles. The average Bonchev–Trinajstić information content (AvgIpc) is 2.58. The van der Waals surface area contributed by atoms with E-state index in [4.69, 9.17) is 21.1 Å². The summed E-state index contributed by atoms with van der Waals surface area (Å²) in [5.41, 5.74) is 1.21. The SMILES string of the molecule is COc1ccc(CCNC(=O)Cc2c(F)cccc2Cl)cc1OC. The van der Waals surface area contributed by atoms with Gasteiger partial charge >= 0.3 is 0 Å². The van der Waals surface area contributed by atoms with Crippen LogP contribution in [0.25, 0.3) is 0 Å². The number of carbonyl (C=O) groups is 1. The van der Waals surface area contributed by atoms with Crippen LogP contribution < -0.4 is 14.8 Å². The molecule has 0 heterocycles. The van der Waals surface area contributed by atoms with Gasteiger partial charge in [-0.15, -0.1) is 0 Å². The molecule has 24 heavy (non-hydrogen) atoms. The Morgan fingerprint density at radius 3 is 2.58 bits per heavy atom. The summed E-state index contributed by atoms with van der Waals surface area (Å²) in [6, 6.07) is 9.94. The topological polar surface area (TPSA) is 47.6 Å². The maximum Gasteiger partial charge on any atom is 0.224 e. The molecule has 6 heteroatoms. The van der Waals surface area contributed by atoms with Gasteiger partial charge in [0, 0.05) is 17.1 Å². The molecule has 2 aromatic rings. The third-order valence-corrected chi connectivity index (χ3v) is 3.94. The van der Waals surface area contributed by atoms with Gasteiger partial charge in [-0.2, -0.15) is 0 Å². The Hall–Kier alpha value is -2.27. The van der Waals surface area contributed by atoms with Crippen LogP contribution >= 0.6 is 11.6 Å². The normalized spacial score (nSPS) is 10.3. The zero-order valence-electron chi connectivity index (χ0n) is 13.6. The molecule has 0 fully saturated rings. The summed E-state index contributed by atoms with van der Waals surface area (Å²) >= 11 is 5.92. The van der Waals surface area contributed by atoms with Crippen molar-refractivity contribution < 1.29 is 18.7 Å². The molecular formula is C18H19ClFNO3. The standard InChI is InChI=1S/C18H19ClFNO3/c1-23-16-7-6-12(10-17(16)24-2)8-9-21-18(22)11-13-14(19)4-3-5-15(13)20/h3-7,10H,8-9,11H2,1-2H3,(H,21,22). The fourth-order valence-corrected chi connectivity index (χ4v) is 2.54. The van der Waals surface area contributed by atoms with E-state index in [1.807, 2.05) is 18.2 Å². The predicted molar refractivity (Wildman–Crippen MR) is 91.4 cm³/mol. The van der Waals surface area contributed by atoms with Gasteiger partial charge in [0.25, 0.3) is 0 Å². The van der Waals surface area contributed by atoms with E-state index in [1.54, 1.807) is 20.3 Å². The van der Waals surface area contributed by atoms with Gasteiger partial charge in [0.05, 0.1) is 20.6 Å². The number of rotatable bonds is 7. The van der Waals surface area contributed by atoms with Crippen LogP contribution in [0.1, 0.15) is 11.1 Å². The first-order valence-corrected chi connectivity index (χ1v) is 7.83. The maximum absolute atomic E-state index is 13.7. The third-order valence-electron chi connectivity index (χ3n) is 3.58. The molecule has 0 aliphatic carbocycles. The van der Waals surface area contributed by atoms with Crippen molar-refractivity contribution in [3.8, 4) is 11.5 Å². The van der Waals surface area contributed by atoms with Crippen LogP contribution in [0.5, 0.6) is 11.5 Å². The Morgan fingerprint density at radius 2 is 1.92 bits per heavy atom. The van der Waals surface area contributed by atoms with Crippen LogP contribution in [0.15, 0.2) is 36.4 Å². The molecule has 128 valence electrons. The molecule has 2 aromatic carbocycles. The zero-order valence-corrected chi connectivity index (χ0v) is 14.3. The molecule has 0 spiro atoms. The number of amides is 1. The summed E-state index contributed by atoms with van der Waals surface area (Å²) in [5.74, 6) is 0.541. The van der Waals surface area contributed by atoms with Gasteiger partial charge in [0.15, 0.2) is 11.5 Å². The second kappa shape index (κ2) is 8.55. The zero-order chi connectivity index (χ0) is 17.5. The van der Waals surface area contributed by atoms with Crippen molar-refractivity contribution in [1.82, 2.24) is 5.32 Å². The smallest absolute Gasteiger partial charge is 0.224 e. The highest BCUT2D eigenvalue weighted by molar-refractivity contribution is 6.31. The van der Waals surface area contributed by atoms with E-state index < -0.39 is 5.82 Å². The number of hydrogen-bond acceptors (Lipinski definition) is 3. The van der Waals surface area contributed by atoms with Crippen LogP contribution in [0.3, 0.4) is 0 Å². The molecule has 1 N–H and O–H groups in total. The van der Waals surface area contributed by atoms with Crippen LogP contribution in [0, 0.1) is 5.82 Å². The van der Waals surface area contributed by atoms with E-state index in [0.717, 1.165) is 5.56 Å². The molecule has 0 bridgehead atoms. The fourth-order valence-electron chi connectivity index (χ4n) is 2.31. The molecule has 0 aliphatic heterocycles. The minimum Gasteiger partial charge on any atom is -0.493 e. The number of methoxy groups -OCH3 is 2. The average molecular weight is 352 g/mol. The van der Waals surface area contributed by atoms with Gasteiger partial charge in [-0.25, -0.2) is 4.39 Å². The van der Waals surface area contributed by atoms with Gasteiger partial charge in [0.2, 0.25) is 5.91 Å². The Kier molecular flexibility index (Phi) is 6.44. The molecule has 0 saturated heterocycles. The van der Waals surface area contributed by atoms with Crippen LogP contribution in [0.4, 0.5) is 4.39 Å². The molecule has 0 radical (unpaired) electrons. The van der Waals surface area contributed by atoms with Gasteiger partial charge in [0.1, 0.15) is 5.82 Å². The number of carbonyl (C=O) groups excluding carboxylic acids is 1. The first kappa shape index (κ1) is 18.1. The highest BCUT2D eigenvalue weighted by Crippen LogP contribution is 2.27. The Morgan fingerprint density at radius 1 is 1.17 bits per heavy atom. The van der Waals surface area contributed by atoms with E-state index in [2.05, 4.69) is 5.32 Å². The van der Waals surface area contributed by atoms with Crippen LogP contribution in [0.2, 0.25) is 5.02 Å². The van der Waals surface area contributed by atoms with Crippen molar-refractivity contribution in [1.29, 1.82) is 0 Å². The summed E-state index contributed by atoms with van der Waals surface area (Å²) < 4.78 is 24.1. The largest absolute Gasteiger partial charge is 0.493 e. The second-order valence-electron chi connectivity index (χ2n) is 5.17. The highest BCUT2D eigenvalue weighted by Gasteiger charge is 2.11. The summed E-state index contributed by atoms with van der Waals surface area (Å²) in [4.78, 5) is 11.9. The van der Waals surface area contributed by atoms with E-state index in [1.165, 1.54) is 12.1 Å². The molecule has 0 atom stereocenters. The van der Waals surface area contributed by atoms with Crippen molar-refractivity contribution >= 4 is 17.5 Å². The van der Waals surface area contributed by atoms with Gasteiger partial charge in [-0.05, 0) is 36.2 Å². The number of hydrogen-bond donors (Lipinski definition) is 1. The monoisotopic (exact) mass is 351 g/mol. The summed E-state index contributed by atoms with van der Waals surface area (Å²) in [6.07, 6.45) is 0.536. The summed E-state index contributed by atoms with van der Waals surface area (Å²) in [7, 11) is 3.15. The molecule has 4 nitrogen and oxygen atoms in total. The summed E-state index contributed by atoms with van der Waals surface area (Å²) in [6.45, 7) is 0.431. The van der Waals surface area contributed by atoms with Crippen molar-refractivity contribution in [2.45, 2.75) is 12.8 Å². The van der Waals surface area contributed by atoms with E-state index in [9.17, 15) is 9.18 Å². The fraction of sp³-hybridized carbons (Fsp3) is 0.278. The van der Waals surface area contributed by atoms with Crippen molar-refractivity contribution in [3.63, 3.8) is 0 Å². The first-order chi connectivity index (χ1) is 11.5. The molecule has 0 aliphatic rings. The molecule has 0 aromatic heterocycles. The van der Waals surface area contributed by atoms with E-state index in [0.29, 0.717) is 24.5 Å². The van der Waals surface area contributed by atoms with Crippen molar-refractivity contribution in [2.75, 3.05) is 20.8 Å². The number of halogens is 2. The maximum atomic E-state index is 13.7. The summed E-state index contributed by atoms with van der Waals surface area (Å²) in [5, 5.41) is 3.02. The lowest BCUT2D eigenvalue weighted by Crippen LogP contribution is -2.27. The van der Waals surface area contributed by atoms with Gasteiger partial charge in [-0.3, -0.25) is 4.79 Å². The number of ether oxygens (including phenoxy) is 2. The molecule has 2 rings (SSSR count). The molecule has 0 unspecified atom stereocenters. The van der Waals surface area contributed by atoms with Crippen molar-refractivity contribution in [2.24, 2.45) is 0 Å². The van der Waals surface area contributed by atoms with E-state index >= 15 is 0 Å². The lowest BCUT2D eigenvalue weighted by atomic mass is 10.1. The predicted octanol–water partition coefficient (Wildman–Crippen LogP) is 3.40. The Labute approximate surface area is 145 Å². The lowest BCUT2D eigenvalue weighted by Gasteiger charge is -2.10. The Bertz CT molecular complexity index is 701. The minimum absolute atomic E-state index is 0.0859. The van der Waals surface area contributed by atoms with Crippen molar-refractivity contribution in [3.05, 3.63) is 58.4 Å². The second-order valence-corrected chi connectivity index (χ2v) is 5.57. The van der Waals surface area contributed by atoms with Crippen LogP contribution in [-0.2, 0) is 17.6 Å². The van der Waals surface area contributed by atoms with Crippen LogP contribution in [-0.4, -0.2) is 26.7 Å². The third kappa shape index (κ3) is 4.61.